The second-order valence-corrected chi connectivity index (χ2v) is 4.29. The molecule has 2 N–H and O–H groups in total. The quantitative estimate of drug-likeness (QED) is 0.769. The van der Waals surface area contributed by atoms with Crippen LogP contribution < -0.4 is 10.6 Å². The van der Waals surface area contributed by atoms with Crippen LogP contribution in [-0.2, 0) is 6.61 Å². The van der Waals surface area contributed by atoms with E-state index in [9.17, 15) is 4.79 Å². The minimum atomic E-state index is -0.445. The fourth-order valence-electron chi connectivity index (χ4n) is 1.84. The lowest BCUT2D eigenvalue weighted by molar-refractivity contribution is 0.0751. The fourth-order valence-corrected chi connectivity index (χ4v) is 1.84. The Kier molecular flexibility index (Phi) is 3.04. The molecule has 1 amide bonds. The molecular weight excluding hydrogens is 256 g/mol. The monoisotopic (exact) mass is 268 g/mol. The van der Waals surface area contributed by atoms with Crippen LogP contribution in [0.2, 0.25) is 0 Å². The van der Waals surface area contributed by atoms with E-state index in [4.69, 9.17) is 10.6 Å². The Morgan fingerprint density at radius 1 is 1.15 bits per heavy atom. The van der Waals surface area contributed by atoms with Crippen molar-refractivity contribution < 1.29 is 9.63 Å². The number of rotatable bonds is 4. The van der Waals surface area contributed by atoms with Crippen LogP contribution in [0.25, 0.3) is 11.0 Å². The van der Waals surface area contributed by atoms with Crippen LogP contribution >= 0.6 is 0 Å². The number of amides is 1. The number of primary amides is 1. The van der Waals surface area contributed by atoms with Crippen molar-refractivity contribution in [1.82, 2.24) is 15.2 Å². The third-order valence-corrected chi connectivity index (χ3v) is 2.91. The Labute approximate surface area is 114 Å². The van der Waals surface area contributed by atoms with E-state index in [-0.39, 0.29) is 0 Å². The van der Waals surface area contributed by atoms with Crippen molar-refractivity contribution in [2.75, 3.05) is 0 Å². The average Bonchev–Trinajstić information content (AvgIpc) is 2.89. The van der Waals surface area contributed by atoms with E-state index in [1.807, 2.05) is 24.3 Å². The van der Waals surface area contributed by atoms with Gasteiger partial charge in [0, 0.05) is 5.56 Å². The summed E-state index contributed by atoms with van der Waals surface area (Å²) >= 11 is 0. The molecule has 2 aromatic carbocycles. The van der Waals surface area contributed by atoms with Crippen molar-refractivity contribution in [3.05, 3.63) is 59.7 Å². The van der Waals surface area contributed by atoms with Gasteiger partial charge < -0.3 is 10.6 Å². The molecule has 0 fully saturated rings. The normalized spacial score (nSPS) is 10.6. The first-order chi connectivity index (χ1) is 9.74. The number of nitrogens with two attached hydrogens (primary N) is 1. The molecule has 100 valence electrons. The fraction of sp³-hybridized carbons (Fsp3) is 0.0714. The highest BCUT2D eigenvalue weighted by atomic mass is 16.7. The third-order valence-electron chi connectivity index (χ3n) is 2.91. The topological polar surface area (TPSA) is 83.0 Å². The molecule has 0 radical (unpaired) electrons. The molecular formula is C14H12N4O2. The summed E-state index contributed by atoms with van der Waals surface area (Å²) in [5.41, 5.74) is 8.15. The number of carbonyl (C=O) groups is 1. The van der Waals surface area contributed by atoms with Crippen molar-refractivity contribution in [1.29, 1.82) is 0 Å². The van der Waals surface area contributed by atoms with Gasteiger partial charge in [-0.05, 0) is 35.0 Å². The Morgan fingerprint density at radius 3 is 2.65 bits per heavy atom. The summed E-state index contributed by atoms with van der Waals surface area (Å²) in [4.78, 5) is 17.9. The maximum atomic E-state index is 11.0. The molecule has 6 nitrogen and oxygen atoms in total. The summed E-state index contributed by atoms with van der Waals surface area (Å²) in [5.74, 6) is -0.445. The van der Waals surface area contributed by atoms with Crippen molar-refractivity contribution in [3.63, 3.8) is 0 Å². The zero-order valence-electron chi connectivity index (χ0n) is 10.6. The van der Waals surface area contributed by atoms with Crippen LogP contribution in [0.3, 0.4) is 0 Å². The lowest BCUT2D eigenvalue weighted by atomic mass is 10.1. The van der Waals surface area contributed by atoms with Gasteiger partial charge >= 0.3 is 0 Å². The van der Waals surface area contributed by atoms with E-state index in [0.717, 1.165) is 16.6 Å². The number of hydrogen-bond donors (Lipinski definition) is 1. The van der Waals surface area contributed by atoms with E-state index < -0.39 is 5.91 Å². The smallest absolute Gasteiger partial charge is 0.248 e. The molecule has 6 heteroatoms. The van der Waals surface area contributed by atoms with Crippen LogP contribution in [-0.4, -0.2) is 21.1 Å². The first-order valence-electron chi connectivity index (χ1n) is 6.06. The maximum Gasteiger partial charge on any atom is 0.248 e. The molecule has 0 aliphatic carbocycles. The lowest BCUT2D eigenvalue weighted by Gasteiger charge is -2.05. The van der Waals surface area contributed by atoms with Gasteiger partial charge in [-0.25, -0.2) is 0 Å². The molecule has 0 saturated carbocycles. The summed E-state index contributed by atoms with van der Waals surface area (Å²) < 4.78 is 0. The van der Waals surface area contributed by atoms with Crippen molar-refractivity contribution in [2.24, 2.45) is 5.73 Å². The van der Waals surface area contributed by atoms with Crippen molar-refractivity contribution in [2.45, 2.75) is 6.61 Å². The van der Waals surface area contributed by atoms with Gasteiger partial charge in [0.2, 0.25) is 5.91 Å². The van der Waals surface area contributed by atoms with Crippen LogP contribution in [0.15, 0.2) is 48.5 Å². The summed E-state index contributed by atoms with van der Waals surface area (Å²) in [5, 5.41) is 7.92. The molecule has 0 bridgehead atoms. The number of carbonyl (C=O) groups excluding carboxylic acids is 1. The van der Waals surface area contributed by atoms with Gasteiger partial charge in [0.25, 0.3) is 0 Å². The SMILES string of the molecule is NC(=O)c1ccc(COn2nnc3ccccc32)cc1. The molecule has 3 aromatic rings. The number of para-hydroxylation sites is 1. The predicted octanol–water partition coefficient (Wildman–Crippen LogP) is 1.16. The molecule has 0 atom stereocenters. The van der Waals surface area contributed by atoms with Gasteiger partial charge in [0.1, 0.15) is 17.6 Å². The highest BCUT2D eigenvalue weighted by Gasteiger charge is 2.05. The lowest BCUT2D eigenvalue weighted by Crippen LogP contribution is -2.13. The number of nitrogens with zero attached hydrogens (tertiary/aromatic N) is 3. The molecule has 3 rings (SSSR count). The van der Waals surface area contributed by atoms with Gasteiger partial charge in [0.15, 0.2) is 0 Å². The summed E-state index contributed by atoms with van der Waals surface area (Å²) in [6.45, 7) is 0.326. The third kappa shape index (κ3) is 2.31. The Balaban J connectivity index is 1.74. The maximum absolute atomic E-state index is 11.0. The number of hydrogen-bond acceptors (Lipinski definition) is 4. The first-order valence-corrected chi connectivity index (χ1v) is 6.06. The highest BCUT2D eigenvalue weighted by molar-refractivity contribution is 5.92. The molecule has 1 heterocycles. The van der Waals surface area contributed by atoms with Gasteiger partial charge in [-0.15, -0.1) is 5.10 Å². The van der Waals surface area contributed by atoms with E-state index in [1.165, 1.54) is 4.85 Å². The van der Waals surface area contributed by atoms with Crippen LogP contribution in [0, 0.1) is 0 Å². The predicted molar refractivity (Wildman–Crippen MR) is 72.8 cm³/mol. The summed E-state index contributed by atoms with van der Waals surface area (Å²) in [6, 6.07) is 14.5. The van der Waals surface area contributed by atoms with Gasteiger partial charge in [0.05, 0.1) is 0 Å². The number of benzene rings is 2. The standard InChI is InChI=1S/C14H12N4O2/c15-14(19)11-7-5-10(6-8-11)9-20-18-13-4-2-1-3-12(13)16-17-18/h1-8H,9H2,(H2,15,19). The Hall–Kier alpha value is -2.89. The number of aromatic nitrogens is 3. The zero-order valence-corrected chi connectivity index (χ0v) is 10.6. The van der Waals surface area contributed by atoms with Crippen molar-refractivity contribution in [3.8, 4) is 0 Å². The second-order valence-electron chi connectivity index (χ2n) is 4.29. The van der Waals surface area contributed by atoms with E-state index in [0.29, 0.717) is 12.2 Å². The van der Waals surface area contributed by atoms with E-state index in [2.05, 4.69) is 10.3 Å². The van der Waals surface area contributed by atoms with E-state index >= 15 is 0 Å². The van der Waals surface area contributed by atoms with Crippen LogP contribution in [0.5, 0.6) is 0 Å². The minimum Gasteiger partial charge on any atom is -0.390 e. The second kappa shape index (κ2) is 5.00. The summed E-state index contributed by atoms with van der Waals surface area (Å²) in [6.07, 6.45) is 0. The molecule has 0 unspecified atom stereocenters. The molecule has 0 aliphatic heterocycles. The van der Waals surface area contributed by atoms with Crippen LogP contribution in [0.1, 0.15) is 15.9 Å². The first kappa shape index (κ1) is 12.2. The molecule has 1 aromatic heterocycles. The van der Waals surface area contributed by atoms with E-state index in [1.54, 1.807) is 24.3 Å². The Morgan fingerprint density at radius 2 is 1.90 bits per heavy atom. The highest BCUT2D eigenvalue weighted by Crippen LogP contribution is 2.09. The zero-order chi connectivity index (χ0) is 13.9. The van der Waals surface area contributed by atoms with Crippen molar-refractivity contribution >= 4 is 16.9 Å². The number of fused-ring (bicyclic) bond motifs is 1. The Bertz CT molecular complexity index is 749. The molecule has 0 saturated heterocycles. The van der Waals surface area contributed by atoms with Gasteiger partial charge in [-0.3, -0.25) is 4.79 Å². The summed E-state index contributed by atoms with van der Waals surface area (Å²) in [7, 11) is 0. The van der Waals surface area contributed by atoms with Gasteiger partial charge in [-0.1, -0.05) is 29.1 Å². The largest absolute Gasteiger partial charge is 0.390 e. The molecule has 0 aliphatic rings. The average molecular weight is 268 g/mol. The molecule has 0 spiro atoms. The minimum absolute atomic E-state index is 0.326. The molecule has 20 heavy (non-hydrogen) atoms. The van der Waals surface area contributed by atoms with Gasteiger partial charge in [-0.2, -0.15) is 0 Å². The van der Waals surface area contributed by atoms with Crippen LogP contribution in [0.4, 0.5) is 0 Å².